The fraction of sp³-hybridized carbons (Fsp3) is 0.125. The summed E-state index contributed by atoms with van der Waals surface area (Å²) in [5, 5.41) is 8.30. The van der Waals surface area contributed by atoms with Crippen LogP contribution in [0.5, 0.6) is 0 Å². The molecule has 0 aliphatic carbocycles. The quantitative estimate of drug-likeness (QED) is 0.504. The van der Waals surface area contributed by atoms with E-state index in [2.05, 4.69) is 15.8 Å². The highest BCUT2D eigenvalue weighted by atomic mass is 35.5. The van der Waals surface area contributed by atoms with Crippen LogP contribution in [0.2, 0.25) is 5.02 Å². The van der Waals surface area contributed by atoms with Crippen molar-refractivity contribution >= 4 is 40.8 Å². The van der Waals surface area contributed by atoms with Gasteiger partial charge in [0.15, 0.2) is 5.11 Å². The van der Waals surface area contributed by atoms with Gasteiger partial charge < -0.3 is 5.32 Å². The zero-order valence-electron chi connectivity index (χ0n) is 11.9. The minimum absolute atomic E-state index is 0.420. The number of hydrogen-bond acceptors (Lipinski definition) is 2. The van der Waals surface area contributed by atoms with Gasteiger partial charge in [0.05, 0.1) is 6.21 Å². The Morgan fingerprint density at radius 1 is 1.14 bits per heavy atom. The summed E-state index contributed by atoms with van der Waals surface area (Å²) in [5.74, 6) is 0. The maximum Gasteiger partial charge on any atom is 0.191 e. The summed E-state index contributed by atoms with van der Waals surface area (Å²) in [7, 11) is 0. The first-order valence-electron chi connectivity index (χ1n) is 6.48. The van der Waals surface area contributed by atoms with Gasteiger partial charge in [0.1, 0.15) is 0 Å². The molecule has 2 aromatic carbocycles. The maximum absolute atomic E-state index is 6.06. The van der Waals surface area contributed by atoms with Gasteiger partial charge in [0, 0.05) is 10.7 Å². The summed E-state index contributed by atoms with van der Waals surface area (Å²) in [6.07, 6.45) is 1.72. The normalized spacial score (nSPS) is 10.6. The number of nitrogens with one attached hydrogen (secondary N) is 2. The number of anilines is 1. The number of benzene rings is 2. The highest BCUT2D eigenvalue weighted by Gasteiger charge is 2.03. The number of thiocarbonyl (C=S) groups is 1. The van der Waals surface area contributed by atoms with E-state index in [0.29, 0.717) is 10.1 Å². The Balaban J connectivity index is 1.93. The molecular formula is C16H16ClN3S. The first kappa shape index (κ1) is 15.5. The molecule has 5 heteroatoms. The predicted octanol–water partition coefficient (Wildman–Crippen LogP) is 4.28. The molecule has 108 valence electrons. The molecule has 0 unspecified atom stereocenters. The van der Waals surface area contributed by atoms with Crippen molar-refractivity contribution in [3.8, 4) is 0 Å². The molecule has 0 bridgehead atoms. The average molecular weight is 318 g/mol. The Hall–Kier alpha value is -1.91. The van der Waals surface area contributed by atoms with Gasteiger partial charge in [-0.3, -0.25) is 5.43 Å². The van der Waals surface area contributed by atoms with Gasteiger partial charge in [-0.05, 0) is 49.3 Å². The van der Waals surface area contributed by atoms with Crippen molar-refractivity contribution < 1.29 is 0 Å². The number of hydrazone groups is 1. The molecule has 2 aromatic rings. The van der Waals surface area contributed by atoms with Crippen molar-refractivity contribution in [1.82, 2.24) is 5.43 Å². The third-order valence-electron chi connectivity index (χ3n) is 2.97. The highest BCUT2D eigenvalue weighted by molar-refractivity contribution is 7.80. The molecule has 3 nitrogen and oxygen atoms in total. The van der Waals surface area contributed by atoms with Gasteiger partial charge in [-0.2, -0.15) is 5.10 Å². The molecule has 21 heavy (non-hydrogen) atoms. The molecule has 2 rings (SSSR count). The standard InChI is InChI=1S/C16H16ClN3S/c1-11-6-8-13(9-7-11)10-18-20-16(21)19-15-5-3-4-14(17)12(15)2/h3-10H,1-2H3,(H2,19,20,21)/b18-10-. The van der Waals surface area contributed by atoms with Gasteiger partial charge >= 0.3 is 0 Å². The summed E-state index contributed by atoms with van der Waals surface area (Å²) in [6, 6.07) is 13.7. The number of rotatable bonds is 3. The lowest BCUT2D eigenvalue weighted by Gasteiger charge is -2.10. The van der Waals surface area contributed by atoms with E-state index in [1.54, 1.807) is 6.21 Å². The highest BCUT2D eigenvalue weighted by Crippen LogP contribution is 2.22. The monoisotopic (exact) mass is 317 g/mol. The van der Waals surface area contributed by atoms with Crippen molar-refractivity contribution in [2.75, 3.05) is 5.32 Å². The predicted molar refractivity (Wildman–Crippen MR) is 94.3 cm³/mol. The van der Waals surface area contributed by atoms with E-state index < -0.39 is 0 Å². The van der Waals surface area contributed by atoms with E-state index in [0.717, 1.165) is 16.8 Å². The first-order chi connectivity index (χ1) is 10.1. The Kier molecular flexibility index (Phi) is 5.31. The van der Waals surface area contributed by atoms with Crippen LogP contribution >= 0.6 is 23.8 Å². The fourth-order valence-electron chi connectivity index (χ4n) is 1.71. The Labute approximate surface area is 135 Å². The van der Waals surface area contributed by atoms with Crippen LogP contribution in [0.3, 0.4) is 0 Å². The fourth-order valence-corrected chi connectivity index (χ4v) is 2.05. The Morgan fingerprint density at radius 2 is 1.86 bits per heavy atom. The van der Waals surface area contributed by atoms with Crippen molar-refractivity contribution in [3.63, 3.8) is 0 Å². The molecule has 0 aliphatic heterocycles. The van der Waals surface area contributed by atoms with Gasteiger partial charge in [-0.15, -0.1) is 0 Å². The van der Waals surface area contributed by atoms with Crippen LogP contribution in [0.25, 0.3) is 0 Å². The second-order valence-electron chi connectivity index (χ2n) is 4.65. The van der Waals surface area contributed by atoms with Crippen LogP contribution in [-0.4, -0.2) is 11.3 Å². The van der Waals surface area contributed by atoms with Crippen LogP contribution < -0.4 is 10.7 Å². The van der Waals surface area contributed by atoms with E-state index in [-0.39, 0.29) is 0 Å². The molecule has 2 N–H and O–H groups in total. The SMILES string of the molecule is Cc1ccc(/C=N\NC(=S)Nc2cccc(Cl)c2C)cc1. The third-order valence-corrected chi connectivity index (χ3v) is 3.58. The molecule has 0 saturated heterocycles. The van der Waals surface area contributed by atoms with Crippen LogP contribution in [0.1, 0.15) is 16.7 Å². The van der Waals surface area contributed by atoms with Crippen LogP contribution in [-0.2, 0) is 0 Å². The minimum Gasteiger partial charge on any atom is -0.331 e. The lowest BCUT2D eigenvalue weighted by molar-refractivity contribution is 1.05. The molecule has 0 aliphatic rings. The second-order valence-corrected chi connectivity index (χ2v) is 5.46. The first-order valence-corrected chi connectivity index (χ1v) is 7.27. The van der Waals surface area contributed by atoms with Crippen LogP contribution in [0, 0.1) is 13.8 Å². The van der Waals surface area contributed by atoms with Gasteiger partial charge in [-0.1, -0.05) is 47.5 Å². The Bertz CT molecular complexity index is 666. The molecule has 0 atom stereocenters. The summed E-state index contributed by atoms with van der Waals surface area (Å²) >= 11 is 11.3. The van der Waals surface area contributed by atoms with E-state index >= 15 is 0 Å². The van der Waals surface area contributed by atoms with Crippen LogP contribution in [0.4, 0.5) is 5.69 Å². The lowest BCUT2D eigenvalue weighted by atomic mass is 10.2. The average Bonchev–Trinajstić information content (AvgIpc) is 2.46. The lowest BCUT2D eigenvalue weighted by Crippen LogP contribution is -2.24. The number of aryl methyl sites for hydroxylation is 1. The largest absolute Gasteiger partial charge is 0.331 e. The number of nitrogens with zero attached hydrogens (tertiary/aromatic N) is 1. The molecule has 0 fully saturated rings. The van der Waals surface area contributed by atoms with Crippen molar-refractivity contribution in [2.24, 2.45) is 5.10 Å². The Morgan fingerprint density at radius 3 is 2.57 bits per heavy atom. The molecule has 0 spiro atoms. The van der Waals surface area contributed by atoms with E-state index in [4.69, 9.17) is 23.8 Å². The smallest absolute Gasteiger partial charge is 0.191 e. The molecule has 0 radical (unpaired) electrons. The van der Waals surface area contributed by atoms with Crippen molar-refractivity contribution in [3.05, 3.63) is 64.2 Å². The molecule has 0 amide bonds. The zero-order valence-corrected chi connectivity index (χ0v) is 13.4. The van der Waals surface area contributed by atoms with Gasteiger partial charge in [0.2, 0.25) is 0 Å². The van der Waals surface area contributed by atoms with Crippen molar-refractivity contribution in [1.29, 1.82) is 0 Å². The zero-order chi connectivity index (χ0) is 15.2. The number of halogens is 1. The number of hydrogen-bond donors (Lipinski definition) is 2. The summed E-state index contributed by atoms with van der Waals surface area (Å²) in [6.45, 7) is 3.98. The summed E-state index contributed by atoms with van der Waals surface area (Å²) < 4.78 is 0. The summed E-state index contributed by atoms with van der Waals surface area (Å²) in [4.78, 5) is 0. The van der Waals surface area contributed by atoms with Crippen molar-refractivity contribution in [2.45, 2.75) is 13.8 Å². The van der Waals surface area contributed by atoms with E-state index in [1.165, 1.54) is 5.56 Å². The minimum atomic E-state index is 0.420. The molecule has 0 aromatic heterocycles. The second kappa shape index (κ2) is 7.20. The van der Waals surface area contributed by atoms with Crippen LogP contribution in [0.15, 0.2) is 47.6 Å². The van der Waals surface area contributed by atoms with Gasteiger partial charge in [0.25, 0.3) is 0 Å². The molecule has 0 heterocycles. The maximum atomic E-state index is 6.06. The molecule has 0 saturated carbocycles. The molecular weight excluding hydrogens is 302 g/mol. The topological polar surface area (TPSA) is 36.4 Å². The van der Waals surface area contributed by atoms with E-state index in [1.807, 2.05) is 56.3 Å². The third kappa shape index (κ3) is 4.55. The van der Waals surface area contributed by atoms with E-state index in [9.17, 15) is 0 Å². The van der Waals surface area contributed by atoms with Gasteiger partial charge in [-0.25, -0.2) is 0 Å². The summed E-state index contributed by atoms with van der Waals surface area (Å²) in [5.41, 5.74) is 6.83.